The Balaban J connectivity index is 1.26. The van der Waals surface area contributed by atoms with Crippen molar-refractivity contribution in [1.82, 2.24) is 0 Å². The summed E-state index contributed by atoms with van der Waals surface area (Å²) in [6, 6.07) is 57.5. The van der Waals surface area contributed by atoms with E-state index in [0.717, 1.165) is 11.5 Å². The molecule has 2 aliphatic carbocycles. The number of benzene rings is 8. The number of aryl methyl sites for hydroxylation is 4. The van der Waals surface area contributed by atoms with Crippen molar-refractivity contribution in [2.75, 3.05) is 4.90 Å². The van der Waals surface area contributed by atoms with E-state index in [2.05, 4.69) is 212 Å². The maximum Gasteiger partial charge on any atom is 0.132 e. The van der Waals surface area contributed by atoms with Gasteiger partial charge in [-0.3, -0.25) is 0 Å². The molecular formula is C59H49NO. The first kappa shape index (κ1) is 36.2. The molecule has 61 heavy (non-hydrogen) atoms. The molecule has 0 amide bonds. The van der Waals surface area contributed by atoms with Crippen LogP contribution < -0.4 is 9.64 Å². The first-order valence-electron chi connectivity index (χ1n) is 21.8. The molecule has 296 valence electrons. The molecule has 8 aromatic carbocycles. The summed E-state index contributed by atoms with van der Waals surface area (Å²) >= 11 is 0. The van der Waals surface area contributed by atoms with Gasteiger partial charge in [0.1, 0.15) is 11.5 Å². The van der Waals surface area contributed by atoms with E-state index in [1.165, 1.54) is 117 Å². The van der Waals surface area contributed by atoms with Gasteiger partial charge in [0.2, 0.25) is 0 Å². The molecule has 0 bridgehead atoms. The molecule has 0 aromatic heterocycles. The van der Waals surface area contributed by atoms with Crippen LogP contribution >= 0.6 is 0 Å². The van der Waals surface area contributed by atoms with Gasteiger partial charge >= 0.3 is 0 Å². The fourth-order valence-electron chi connectivity index (χ4n) is 12.2. The van der Waals surface area contributed by atoms with Gasteiger partial charge < -0.3 is 9.64 Å². The number of rotatable bonds is 2. The van der Waals surface area contributed by atoms with Gasteiger partial charge in [-0.2, -0.15) is 0 Å². The van der Waals surface area contributed by atoms with Crippen molar-refractivity contribution in [3.63, 3.8) is 0 Å². The number of hydrogen-bond acceptors (Lipinski definition) is 2. The summed E-state index contributed by atoms with van der Waals surface area (Å²) < 4.78 is 6.91. The van der Waals surface area contributed by atoms with Crippen LogP contribution in [0.1, 0.15) is 94.5 Å². The minimum absolute atomic E-state index is 0.107. The van der Waals surface area contributed by atoms with Crippen LogP contribution in [0, 0.1) is 27.7 Å². The van der Waals surface area contributed by atoms with Gasteiger partial charge in [-0.15, -0.1) is 0 Å². The van der Waals surface area contributed by atoms with E-state index in [9.17, 15) is 0 Å². The number of nitrogens with zero attached hydrogens (tertiary/aromatic N) is 1. The van der Waals surface area contributed by atoms with Crippen molar-refractivity contribution >= 4 is 17.1 Å². The van der Waals surface area contributed by atoms with E-state index >= 15 is 0 Å². The number of anilines is 3. The highest BCUT2D eigenvalue weighted by Crippen LogP contribution is 2.66. The highest BCUT2D eigenvalue weighted by Gasteiger charge is 2.53. The molecule has 0 atom stereocenters. The monoisotopic (exact) mass is 787 g/mol. The SMILES string of the molecule is Cc1cc(C)c(N2c3cc(C)c(-c4ccccc4)cc3C3(c4ccccc4Oc4ccccc43)c3cc4c(cc32)C(C)(C)c2cc3c(cc2-4)C(C)(C)c2ccccc2-3)c(C)c1. The van der Waals surface area contributed by atoms with E-state index in [4.69, 9.17) is 4.74 Å². The van der Waals surface area contributed by atoms with Crippen molar-refractivity contribution in [1.29, 1.82) is 0 Å². The summed E-state index contributed by atoms with van der Waals surface area (Å²) in [6.07, 6.45) is 0. The van der Waals surface area contributed by atoms with Crippen LogP contribution in [0.3, 0.4) is 0 Å². The molecule has 2 heteroatoms. The average molecular weight is 788 g/mol. The van der Waals surface area contributed by atoms with Crippen molar-refractivity contribution in [3.8, 4) is 44.9 Å². The topological polar surface area (TPSA) is 12.5 Å². The molecule has 0 fully saturated rings. The van der Waals surface area contributed by atoms with Crippen LogP contribution in [-0.2, 0) is 16.2 Å². The molecule has 0 saturated heterocycles. The summed E-state index contributed by atoms with van der Waals surface area (Å²) in [5.74, 6) is 1.80. The van der Waals surface area contributed by atoms with Crippen LogP contribution in [0.2, 0.25) is 0 Å². The number of hydrogen-bond donors (Lipinski definition) is 0. The average Bonchev–Trinajstić information content (AvgIpc) is 3.61. The number of para-hydroxylation sites is 2. The van der Waals surface area contributed by atoms with Crippen LogP contribution in [0.25, 0.3) is 33.4 Å². The van der Waals surface area contributed by atoms with Crippen molar-refractivity contribution in [2.45, 2.75) is 71.6 Å². The Morgan fingerprint density at radius 2 is 0.836 bits per heavy atom. The predicted octanol–water partition coefficient (Wildman–Crippen LogP) is 15.5. The third-order valence-corrected chi connectivity index (χ3v) is 14.9. The standard InChI is InChI=1S/C59H49NO/c1-34-26-36(3)56(37(4)27-34)60-52-28-35(2)40(38-18-10-9-11-19-38)29-50(52)59(45-22-14-16-24-54(45)61-55-25-17-15-23-46(55)59)51-32-43-42-31-47-41(39-20-12-13-21-44(39)57(47,5)6)30-48(42)58(7,8)49(43)33-53(51)60/h9-33H,1-8H3. The molecule has 0 unspecified atom stereocenters. The van der Waals surface area contributed by atoms with E-state index in [-0.39, 0.29) is 10.8 Å². The van der Waals surface area contributed by atoms with Gasteiger partial charge in [0.15, 0.2) is 0 Å². The second-order valence-electron chi connectivity index (χ2n) is 19.1. The molecular weight excluding hydrogens is 739 g/mol. The zero-order valence-electron chi connectivity index (χ0n) is 36.3. The lowest BCUT2D eigenvalue weighted by Gasteiger charge is -2.49. The van der Waals surface area contributed by atoms with E-state index in [1.54, 1.807) is 0 Å². The highest BCUT2D eigenvalue weighted by atomic mass is 16.5. The van der Waals surface area contributed by atoms with Crippen molar-refractivity contribution < 1.29 is 4.74 Å². The molecule has 12 rings (SSSR count). The summed E-state index contributed by atoms with van der Waals surface area (Å²) in [5, 5.41) is 0. The summed E-state index contributed by atoms with van der Waals surface area (Å²) in [7, 11) is 0. The van der Waals surface area contributed by atoms with Crippen LogP contribution in [-0.4, -0.2) is 0 Å². The lowest BCUT2D eigenvalue weighted by atomic mass is 9.60. The Morgan fingerprint density at radius 1 is 0.377 bits per heavy atom. The molecule has 0 saturated carbocycles. The molecule has 4 aliphatic rings. The van der Waals surface area contributed by atoms with Gasteiger partial charge in [-0.1, -0.05) is 136 Å². The van der Waals surface area contributed by atoms with E-state index in [0.29, 0.717) is 0 Å². The Labute approximate surface area is 360 Å². The Hall–Kier alpha value is -6.64. The minimum atomic E-state index is -0.704. The quantitative estimate of drug-likeness (QED) is 0.173. The lowest BCUT2D eigenvalue weighted by Crippen LogP contribution is -2.40. The zero-order chi connectivity index (χ0) is 41.7. The lowest BCUT2D eigenvalue weighted by molar-refractivity contribution is 0.434. The third-order valence-electron chi connectivity index (χ3n) is 14.9. The van der Waals surface area contributed by atoms with Gasteiger partial charge in [-0.05, 0) is 160 Å². The Bertz CT molecular complexity index is 3150. The van der Waals surface area contributed by atoms with Gasteiger partial charge in [0.05, 0.1) is 22.5 Å². The Kier molecular flexibility index (Phi) is 7.27. The maximum absolute atomic E-state index is 6.91. The summed E-state index contributed by atoms with van der Waals surface area (Å²) in [6.45, 7) is 18.8. The minimum Gasteiger partial charge on any atom is -0.457 e. The second-order valence-corrected chi connectivity index (χ2v) is 19.1. The fraction of sp³-hybridized carbons (Fsp3) is 0.186. The molecule has 1 spiro atoms. The van der Waals surface area contributed by atoms with Gasteiger partial charge in [0.25, 0.3) is 0 Å². The maximum atomic E-state index is 6.91. The number of ether oxygens (including phenoxy) is 1. The van der Waals surface area contributed by atoms with Crippen molar-refractivity contribution in [3.05, 3.63) is 218 Å². The normalized spacial score (nSPS) is 16.0. The van der Waals surface area contributed by atoms with Crippen molar-refractivity contribution in [2.24, 2.45) is 0 Å². The third kappa shape index (κ3) is 4.63. The van der Waals surface area contributed by atoms with Gasteiger partial charge in [0, 0.05) is 22.0 Å². The van der Waals surface area contributed by atoms with Crippen LogP contribution in [0.15, 0.2) is 152 Å². The molecule has 0 N–H and O–H groups in total. The first-order valence-corrected chi connectivity index (χ1v) is 21.8. The van der Waals surface area contributed by atoms with E-state index in [1.807, 2.05) is 0 Å². The largest absolute Gasteiger partial charge is 0.457 e. The molecule has 2 aliphatic heterocycles. The van der Waals surface area contributed by atoms with Crippen LogP contribution in [0.4, 0.5) is 17.1 Å². The predicted molar refractivity (Wildman–Crippen MR) is 253 cm³/mol. The summed E-state index contributed by atoms with van der Waals surface area (Å²) in [5.41, 5.74) is 26.0. The molecule has 2 heterocycles. The molecule has 2 nitrogen and oxygen atoms in total. The molecule has 8 aromatic rings. The molecule has 0 radical (unpaired) electrons. The Morgan fingerprint density at radius 3 is 1.46 bits per heavy atom. The first-order chi connectivity index (χ1) is 29.4. The smallest absolute Gasteiger partial charge is 0.132 e. The van der Waals surface area contributed by atoms with E-state index < -0.39 is 5.41 Å². The highest BCUT2D eigenvalue weighted by molar-refractivity contribution is 5.98. The number of fused-ring (bicyclic) bond motifs is 14. The van der Waals surface area contributed by atoms with Gasteiger partial charge in [-0.25, -0.2) is 0 Å². The fourth-order valence-corrected chi connectivity index (χ4v) is 12.2. The second kappa shape index (κ2) is 12.2. The summed E-state index contributed by atoms with van der Waals surface area (Å²) in [4.78, 5) is 2.63. The zero-order valence-corrected chi connectivity index (χ0v) is 36.3. The van der Waals surface area contributed by atoms with Crippen LogP contribution in [0.5, 0.6) is 11.5 Å².